The van der Waals surface area contributed by atoms with Crippen LogP contribution in [0.3, 0.4) is 0 Å². The topological polar surface area (TPSA) is 69.0 Å². The van der Waals surface area contributed by atoms with Gasteiger partial charge < -0.3 is 5.11 Å². The molecule has 0 spiro atoms. The Morgan fingerprint density at radius 3 is 1.17 bits per heavy atom. The van der Waals surface area contributed by atoms with Crippen molar-refractivity contribution >= 4 is 0 Å². The second-order valence-corrected chi connectivity index (χ2v) is 6.04. The van der Waals surface area contributed by atoms with Gasteiger partial charge in [0.05, 0.1) is 11.1 Å². The van der Waals surface area contributed by atoms with Gasteiger partial charge >= 0.3 is 0 Å². The van der Waals surface area contributed by atoms with Crippen LogP contribution in [0.4, 0.5) is 0 Å². The van der Waals surface area contributed by atoms with Gasteiger partial charge in [0.25, 0.3) is 0 Å². The monoisotopic (exact) mass is 417 g/mol. The molecule has 2 aromatic carbocycles. The van der Waals surface area contributed by atoms with Gasteiger partial charge in [-0.05, 0) is 30.5 Å². The first-order chi connectivity index (χ1) is 14.3. The number of aliphatic hydroxyl groups is 1. The Morgan fingerprint density at radius 1 is 0.633 bits per heavy atom. The molecule has 0 bridgehead atoms. The van der Waals surface area contributed by atoms with Gasteiger partial charge in [0.1, 0.15) is 0 Å². The molecule has 0 saturated carbocycles. The molecule has 30 heavy (non-hydrogen) atoms. The first kappa shape index (κ1) is 35.2. The maximum Gasteiger partial charge on any atom is 0.0840 e. The maximum absolute atomic E-state index is 9.49. The third kappa shape index (κ3) is 17.8. The molecular weight excluding hydrogens is 370 g/mol. The normalized spacial score (nSPS) is 8.83. The molecule has 2 rings (SSSR count). The molecule has 0 saturated heterocycles. The fourth-order valence-corrected chi connectivity index (χ4v) is 1.86. The van der Waals surface area contributed by atoms with Gasteiger partial charge in [0.2, 0.25) is 0 Å². The van der Waals surface area contributed by atoms with E-state index in [1.807, 2.05) is 130 Å². The molecule has 0 aliphatic carbocycles. The second kappa shape index (κ2) is 23.0. The van der Waals surface area contributed by atoms with Crippen LogP contribution in [0, 0.1) is 0 Å². The average molecular weight is 418 g/mol. The molecule has 1 N–H and O–H groups in total. The highest BCUT2D eigenvalue weighted by molar-refractivity contribution is 5.22. The minimum atomic E-state index is -0.707. The van der Waals surface area contributed by atoms with E-state index in [4.69, 9.17) is 5.53 Å². The summed E-state index contributed by atoms with van der Waals surface area (Å²) in [6, 6.07) is 19.3. The van der Waals surface area contributed by atoms with E-state index in [1.165, 1.54) is 0 Å². The Morgan fingerprint density at radius 2 is 0.933 bits per heavy atom. The van der Waals surface area contributed by atoms with Crippen LogP contribution >= 0.6 is 0 Å². The van der Waals surface area contributed by atoms with E-state index in [-0.39, 0.29) is 0 Å². The van der Waals surface area contributed by atoms with Crippen LogP contribution in [0.15, 0.2) is 65.8 Å². The third-order valence-corrected chi connectivity index (χ3v) is 3.26. The summed E-state index contributed by atoms with van der Waals surface area (Å²) in [5.41, 5.74) is 9.15. The van der Waals surface area contributed by atoms with Gasteiger partial charge in [-0.15, -0.1) is 0 Å². The number of hydrogen-bond donors (Lipinski definition) is 1. The summed E-state index contributed by atoms with van der Waals surface area (Å²) < 4.78 is 0. The van der Waals surface area contributed by atoms with Crippen molar-refractivity contribution in [1.82, 2.24) is 0 Å². The van der Waals surface area contributed by atoms with Gasteiger partial charge in [-0.25, -0.2) is 0 Å². The third-order valence-electron chi connectivity index (χ3n) is 3.26. The number of benzene rings is 2. The van der Waals surface area contributed by atoms with Crippen molar-refractivity contribution in [2.24, 2.45) is 5.11 Å². The van der Waals surface area contributed by atoms with E-state index in [1.54, 1.807) is 13.8 Å². The first-order valence-electron chi connectivity index (χ1n) is 11.2. The summed E-state index contributed by atoms with van der Waals surface area (Å²) in [5, 5.41) is 13.2. The molecule has 0 radical (unpaired) electrons. The zero-order chi connectivity index (χ0) is 24.6. The van der Waals surface area contributed by atoms with Crippen molar-refractivity contribution in [2.75, 3.05) is 0 Å². The largest absolute Gasteiger partial charge is 0.386 e. The van der Waals surface area contributed by atoms with Crippen molar-refractivity contribution < 1.29 is 5.11 Å². The van der Waals surface area contributed by atoms with Gasteiger partial charge in [-0.1, -0.05) is 135 Å². The SMILES string of the molecule is CC.CC.CC.CC.CC(C)(N=[N+]=[N-])c1ccccc1.CC(C)(O)c1ccccc1. The molecule has 172 valence electrons. The predicted molar refractivity (Wildman–Crippen MR) is 136 cm³/mol. The van der Waals surface area contributed by atoms with Crippen molar-refractivity contribution in [3.05, 3.63) is 82.2 Å². The highest BCUT2D eigenvalue weighted by Crippen LogP contribution is 2.24. The molecule has 0 atom stereocenters. The minimum absolute atomic E-state index is 0.448. The zero-order valence-corrected chi connectivity index (χ0v) is 21.6. The number of nitrogens with zero attached hydrogens (tertiary/aromatic N) is 3. The van der Waals surface area contributed by atoms with Crippen LogP contribution in [0.25, 0.3) is 10.4 Å². The fourth-order valence-electron chi connectivity index (χ4n) is 1.86. The van der Waals surface area contributed by atoms with E-state index in [0.29, 0.717) is 0 Å². The van der Waals surface area contributed by atoms with Crippen LogP contribution in [0.2, 0.25) is 0 Å². The van der Waals surface area contributed by atoms with Crippen LogP contribution in [0.1, 0.15) is 94.2 Å². The molecular formula is C26H47N3O. The summed E-state index contributed by atoms with van der Waals surface area (Å²) in [6.45, 7) is 23.3. The molecule has 2 aromatic rings. The highest BCUT2D eigenvalue weighted by Gasteiger charge is 2.17. The Kier molecular flexibility index (Phi) is 27.0. The molecule has 0 unspecified atom stereocenters. The minimum Gasteiger partial charge on any atom is -0.386 e. The molecule has 0 heterocycles. The molecule has 0 amide bonds. The average Bonchev–Trinajstić information content (AvgIpc) is 2.80. The lowest BCUT2D eigenvalue weighted by atomic mass is 9.96. The Hall–Kier alpha value is -2.29. The van der Waals surface area contributed by atoms with E-state index >= 15 is 0 Å². The van der Waals surface area contributed by atoms with Crippen LogP contribution in [0.5, 0.6) is 0 Å². The Balaban J connectivity index is -0.000000170. The zero-order valence-electron chi connectivity index (χ0n) is 21.6. The number of azide groups is 1. The smallest absolute Gasteiger partial charge is 0.0840 e. The number of rotatable bonds is 3. The van der Waals surface area contributed by atoms with Gasteiger partial charge in [0.15, 0.2) is 0 Å². The standard InChI is InChI=1S/C9H11N3.C9H12O.4C2H6/c1-9(2,11-12-10)8-6-4-3-5-7-8;1-9(2,10)8-6-4-3-5-7-8;4*1-2/h3-7H,1-2H3;3-7,10H,1-2H3;4*1-2H3. The van der Waals surface area contributed by atoms with Crippen LogP contribution < -0.4 is 0 Å². The van der Waals surface area contributed by atoms with Crippen molar-refractivity contribution in [3.8, 4) is 0 Å². The molecule has 0 fully saturated rings. The van der Waals surface area contributed by atoms with Crippen LogP contribution in [-0.2, 0) is 11.1 Å². The predicted octanol–water partition coefficient (Wildman–Crippen LogP) is 9.25. The maximum atomic E-state index is 9.49. The quantitative estimate of drug-likeness (QED) is 0.302. The van der Waals surface area contributed by atoms with E-state index in [9.17, 15) is 5.11 Å². The molecule has 4 heteroatoms. The Bertz CT molecular complexity index is 612. The van der Waals surface area contributed by atoms with E-state index < -0.39 is 11.1 Å². The molecule has 0 aliphatic rings. The molecule has 4 nitrogen and oxygen atoms in total. The fraction of sp³-hybridized carbons (Fsp3) is 0.538. The van der Waals surface area contributed by atoms with Gasteiger partial charge in [-0.2, -0.15) is 0 Å². The van der Waals surface area contributed by atoms with E-state index in [0.717, 1.165) is 11.1 Å². The molecule has 0 aliphatic heterocycles. The van der Waals surface area contributed by atoms with E-state index in [2.05, 4.69) is 10.0 Å². The first-order valence-corrected chi connectivity index (χ1v) is 11.2. The van der Waals surface area contributed by atoms with Gasteiger partial charge in [-0.3, -0.25) is 0 Å². The van der Waals surface area contributed by atoms with Crippen molar-refractivity contribution in [3.63, 3.8) is 0 Å². The summed E-state index contributed by atoms with van der Waals surface area (Å²) in [4.78, 5) is 2.81. The number of hydrogen-bond acceptors (Lipinski definition) is 2. The summed E-state index contributed by atoms with van der Waals surface area (Å²) in [5.74, 6) is 0. The van der Waals surface area contributed by atoms with Crippen molar-refractivity contribution in [1.29, 1.82) is 0 Å². The molecule has 0 aromatic heterocycles. The lowest BCUT2D eigenvalue weighted by Crippen LogP contribution is -2.14. The van der Waals surface area contributed by atoms with Crippen LogP contribution in [-0.4, -0.2) is 5.11 Å². The summed E-state index contributed by atoms with van der Waals surface area (Å²) >= 11 is 0. The lowest BCUT2D eigenvalue weighted by Gasteiger charge is -2.17. The van der Waals surface area contributed by atoms with Crippen molar-refractivity contribution in [2.45, 2.75) is 94.2 Å². The summed E-state index contributed by atoms with van der Waals surface area (Å²) in [7, 11) is 0. The lowest BCUT2D eigenvalue weighted by molar-refractivity contribution is 0.0786. The second-order valence-electron chi connectivity index (χ2n) is 6.04. The van der Waals surface area contributed by atoms with Gasteiger partial charge in [0, 0.05) is 4.91 Å². The summed E-state index contributed by atoms with van der Waals surface area (Å²) in [6.07, 6.45) is 0. The highest BCUT2D eigenvalue weighted by atomic mass is 16.3. The Labute approximate surface area is 187 Å².